The van der Waals surface area contributed by atoms with Crippen LogP contribution in [-0.4, -0.2) is 15.6 Å². The third kappa shape index (κ3) is 4.08. The number of rotatable bonds is 5. The lowest BCUT2D eigenvalue weighted by atomic mass is 9.97. The summed E-state index contributed by atoms with van der Waals surface area (Å²) in [6.45, 7) is 0. The zero-order valence-corrected chi connectivity index (χ0v) is 15.9. The molecular weight excluding hydrogens is 400 g/mol. The third-order valence-electron chi connectivity index (χ3n) is 4.72. The highest BCUT2D eigenvalue weighted by atomic mass is 16.6. The number of nitrogens with zero attached hydrogens (tertiary/aromatic N) is 2. The van der Waals surface area contributed by atoms with Crippen LogP contribution in [0.1, 0.15) is 21.5 Å². The lowest BCUT2D eigenvalue weighted by molar-refractivity contribution is -0.385. The Morgan fingerprint density at radius 2 is 1.39 bits per heavy atom. The molecule has 0 atom stereocenters. The molecule has 152 valence electrons. The Labute approximate surface area is 176 Å². The molecule has 1 heterocycles. The summed E-state index contributed by atoms with van der Waals surface area (Å²) in [4.78, 5) is 33.5. The molecule has 8 nitrogen and oxygen atoms in total. The van der Waals surface area contributed by atoms with E-state index in [1.54, 1.807) is 30.3 Å². The first-order chi connectivity index (χ1) is 14.9. The van der Waals surface area contributed by atoms with Gasteiger partial charge in [-0.05, 0) is 48.1 Å². The third-order valence-corrected chi connectivity index (χ3v) is 4.72. The van der Waals surface area contributed by atoms with E-state index < -0.39 is 9.85 Å². The van der Waals surface area contributed by atoms with Crippen molar-refractivity contribution in [1.82, 2.24) is 0 Å². The molecule has 4 rings (SSSR count). The number of non-ortho nitro benzene ring substituents is 2. The second kappa shape index (κ2) is 8.03. The standard InChI is InChI=1S/C23H14N2O6/c26-21(15-5-9-18(10-6-15)24(27)28)13-17-14-23(31-22-4-2-1-3-20(17)22)16-7-11-19(12-8-16)25(29)30/h1-14H/b17-13+. The van der Waals surface area contributed by atoms with Gasteiger partial charge in [0.2, 0.25) is 0 Å². The number of fused-ring (bicyclic) bond motifs is 1. The van der Waals surface area contributed by atoms with Crippen LogP contribution in [-0.2, 0) is 0 Å². The molecule has 31 heavy (non-hydrogen) atoms. The van der Waals surface area contributed by atoms with Crippen LogP contribution in [0.2, 0.25) is 0 Å². The number of para-hydroxylation sites is 1. The van der Waals surface area contributed by atoms with Crippen molar-refractivity contribution in [1.29, 1.82) is 0 Å². The summed E-state index contributed by atoms with van der Waals surface area (Å²) < 4.78 is 5.94. The van der Waals surface area contributed by atoms with E-state index in [1.807, 2.05) is 12.1 Å². The molecule has 0 aliphatic carbocycles. The van der Waals surface area contributed by atoms with Gasteiger partial charge in [0, 0.05) is 41.0 Å². The molecular formula is C23H14N2O6. The molecule has 1 aliphatic rings. The van der Waals surface area contributed by atoms with E-state index in [0.29, 0.717) is 33.8 Å². The Morgan fingerprint density at radius 3 is 2.00 bits per heavy atom. The maximum absolute atomic E-state index is 12.8. The van der Waals surface area contributed by atoms with Crippen LogP contribution < -0.4 is 4.74 Å². The summed E-state index contributed by atoms with van der Waals surface area (Å²) in [7, 11) is 0. The van der Waals surface area contributed by atoms with E-state index in [2.05, 4.69) is 0 Å². The number of ketones is 1. The molecule has 3 aromatic carbocycles. The summed E-state index contributed by atoms with van der Waals surface area (Å²) in [5.74, 6) is 0.665. The number of nitro groups is 2. The second-order valence-corrected chi connectivity index (χ2v) is 6.68. The van der Waals surface area contributed by atoms with Gasteiger partial charge in [-0.15, -0.1) is 0 Å². The van der Waals surface area contributed by atoms with E-state index in [0.717, 1.165) is 0 Å². The molecule has 0 N–H and O–H groups in total. The summed E-state index contributed by atoms with van der Waals surface area (Å²) in [6, 6.07) is 18.5. The SMILES string of the molecule is O=C(/C=C1\C=C(c2ccc([N+](=O)[O-])cc2)Oc2ccccc21)c1ccc([N+](=O)[O-])cc1. The second-order valence-electron chi connectivity index (χ2n) is 6.68. The molecule has 0 bridgehead atoms. The van der Waals surface area contributed by atoms with Gasteiger partial charge < -0.3 is 4.74 Å². The van der Waals surface area contributed by atoms with Gasteiger partial charge in [0.25, 0.3) is 11.4 Å². The monoisotopic (exact) mass is 414 g/mol. The minimum Gasteiger partial charge on any atom is -0.456 e. The van der Waals surface area contributed by atoms with Gasteiger partial charge in [0.1, 0.15) is 11.5 Å². The van der Waals surface area contributed by atoms with E-state index in [1.165, 1.54) is 42.5 Å². The Kier molecular flexibility index (Phi) is 5.11. The summed E-state index contributed by atoms with van der Waals surface area (Å²) in [5.41, 5.74) is 2.11. The first-order valence-corrected chi connectivity index (χ1v) is 9.16. The molecule has 0 radical (unpaired) electrons. The first kappa shape index (κ1) is 19.7. The predicted octanol–water partition coefficient (Wildman–Crippen LogP) is 5.20. The van der Waals surface area contributed by atoms with Crippen molar-refractivity contribution in [3.05, 3.63) is 122 Å². The highest BCUT2D eigenvalue weighted by Gasteiger charge is 2.19. The highest BCUT2D eigenvalue weighted by Crippen LogP contribution is 2.37. The van der Waals surface area contributed by atoms with Gasteiger partial charge in [0.15, 0.2) is 5.78 Å². The van der Waals surface area contributed by atoms with Gasteiger partial charge in [-0.3, -0.25) is 25.0 Å². The fourth-order valence-corrected chi connectivity index (χ4v) is 3.14. The first-order valence-electron chi connectivity index (χ1n) is 9.16. The molecule has 1 aliphatic heterocycles. The quantitative estimate of drug-likeness (QED) is 0.245. The van der Waals surface area contributed by atoms with Crippen molar-refractivity contribution in [3.63, 3.8) is 0 Å². The summed E-state index contributed by atoms with van der Waals surface area (Å²) >= 11 is 0. The number of carbonyl (C=O) groups excluding carboxylic acids is 1. The number of allylic oxidation sites excluding steroid dienone is 3. The van der Waals surface area contributed by atoms with Crippen LogP contribution in [0.4, 0.5) is 11.4 Å². The van der Waals surface area contributed by atoms with Crippen molar-refractivity contribution in [2.45, 2.75) is 0 Å². The molecule has 0 amide bonds. The molecule has 0 unspecified atom stereocenters. The Balaban J connectivity index is 1.72. The zero-order valence-electron chi connectivity index (χ0n) is 15.9. The Bertz CT molecular complexity index is 1260. The smallest absolute Gasteiger partial charge is 0.269 e. The largest absolute Gasteiger partial charge is 0.456 e. The van der Waals surface area contributed by atoms with E-state index in [-0.39, 0.29) is 17.2 Å². The van der Waals surface area contributed by atoms with Crippen LogP contribution in [0, 0.1) is 20.2 Å². The normalized spacial score (nSPS) is 13.7. The van der Waals surface area contributed by atoms with Crippen LogP contribution in [0.3, 0.4) is 0 Å². The van der Waals surface area contributed by atoms with Crippen LogP contribution in [0.25, 0.3) is 11.3 Å². The van der Waals surface area contributed by atoms with Crippen LogP contribution >= 0.6 is 0 Å². The maximum Gasteiger partial charge on any atom is 0.269 e. The van der Waals surface area contributed by atoms with Gasteiger partial charge in [-0.2, -0.15) is 0 Å². The molecule has 8 heteroatoms. The number of carbonyl (C=O) groups is 1. The average molecular weight is 414 g/mol. The topological polar surface area (TPSA) is 113 Å². The molecule has 0 saturated heterocycles. The van der Waals surface area contributed by atoms with Crippen molar-refractivity contribution in [2.24, 2.45) is 0 Å². The maximum atomic E-state index is 12.8. The van der Waals surface area contributed by atoms with Crippen molar-refractivity contribution in [3.8, 4) is 5.75 Å². The highest BCUT2D eigenvalue weighted by molar-refractivity contribution is 6.11. The van der Waals surface area contributed by atoms with Gasteiger partial charge >= 0.3 is 0 Å². The van der Waals surface area contributed by atoms with Crippen molar-refractivity contribution >= 4 is 28.5 Å². The van der Waals surface area contributed by atoms with Gasteiger partial charge in [-0.25, -0.2) is 0 Å². The van der Waals surface area contributed by atoms with Gasteiger partial charge in [-0.1, -0.05) is 18.2 Å². The lowest BCUT2D eigenvalue weighted by Gasteiger charge is -2.20. The molecule has 3 aromatic rings. The number of benzene rings is 3. The van der Waals surface area contributed by atoms with Crippen LogP contribution in [0.5, 0.6) is 5.75 Å². The number of nitro benzene ring substituents is 2. The summed E-state index contributed by atoms with van der Waals surface area (Å²) in [5, 5.41) is 21.7. The van der Waals surface area contributed by atoms with Gasteiger partial charge in [0.05, 0.1) is 9.85 Å². The molecule has 0 aromatic heterocycles. The molecule has 0 saturated carbocycles. The fraction of sp³-hybridized carbons (Fsp3) is 0. The van der Waals surface area contributed by atoms with Crippen LogP contribution in [0.15, 0.2) is 84.9 Å². The number of ether oxygens (including phenoxy) is 1. The summed E-state index contributed by atoms with van der Waals surface area (Å²) in [6.07, 6.45) is 3.13. The molecule has 0 spiro atoms. The average Bonchev–Trinajstić information content (AvgIpc) is 2.79. The number of hydrogen-bond donors (Lipinski definition) is 0. The zero-order chi connectivity index (χ0) is 22.0. The molecule has 0 fully saturated rings. The number of hydrogen-bond acceptors (Lipinski definition) is 6. The van der Waals surface area contributed by atoms with E-state index in [4.69, 9.17) is 4.74 Å². The van der Waals surface area contributed by atoms with Crippen molar-refractivity contribution < 1.29 is 19.4 Å². The minimum absolute atomic E-state index is 0.0373. The van der Waals surface area contributed by atoms with E-state index in [9.17, 15) is 25.0 Å². The Hall–Kier alpha value is -4.59. The fourth-order valence-electron chi connectivity index (χ4n) is 3.14. The van der Waals surface area contributed by atoms with Crippen molar-refractivity contribution in [2.75, 3.05) is 0 Å². The minimum atomic E-state index is -0.527. The van der Waals surface area contributed by atoms with E-state index >= 15 is 0 Å². The Morgan fingerprint density at radius 1 is 0.806 bits per heavy atom. The lowest BCUT2D eigenvalue weighted by Crippen LogP contribution is -2.05. The predicted molar refractivity (Wildman–Crippen MR) is 114 cm³/mol.